The molecule has 5 nitrogen and oxygen atoms in total. The van der Waals surface area contributed by atoms with Crippen LogP contribution in [0.1, 0.15) is 48.3 Å². The SMILES string of the molecule is COC(=O)C1C(C)=NC2=C(C(=O)C[C@@H](c3ccc(Cl)cc3)C2)[C@@H]1c1ccccc1OCc1ccccc1. The van der Waals surface area contributed by atoms with Crippen LogP contribution in [0.4, 0.5) is 0 Å². The van der Waals surface area contributed by atoms with Crippen LogP contribution >= 0.6 is 11.6 Å². The molecule has 2 aliphatic rings. The van der Waals surface area contributed by atoms with E-state index in [9.17, 15) is 9.59 Å². The number of halogens is 1. The van der Waals surface area contributed by atoms with Crippen LogP contribution in [-0.2, 0) is 20.9 Å². The number of hydrogen-bond donors (Lipinski definition) is 0. The highest BCUT2D eigenvalue weighted by Crippen LogP contribution is 2.48. The van der Waals surface area contributed by atoms with Gasteiger partial charge in [-0.3, -0.25) is 14.6 Å². The number of aliphatic imine (C=N–C) groups is 1. The molecule has 5 rings (SSSR count). The number of carbonyl (C=O) groups is 2. The van der Waals surface area contributed by atoms with Crippen LogP contribution in [0.2, 0.25) is 5.02 Å². The van der Waals surface area contributed by atoms with Crippen molar-refractivity contribution in [3.8, 4) is 5.75 Å². The van der Waals surface area contributed by atoms with Crippen molar-refractivity contribution in [2.75, 3.05) is 7.11 Å². The fraction of sp³-hybridized carbons (Fsp3) is 0.258. The fourth-order valence-corrected chi connectivity index (χ4v) is 5.53. The van der Waals surface area contributed by atoms with E-state index in [1.165, 1.54) is 7.11 Å². The Bertz CT molecular complexity index is 1380. The monoisotopic (exact) mass is 513 g/mol. The molecule has 1 unspecified atom stereocenters. The number of hydrogen-bond acceptors (Lipinski definition) is 5. The summed E-state index contributed by atoms with van der Waals surface area (Å²) >= 11 is 6.08. The molecule has 0 spiro atoms. The molecule has 6 heteroatoms. The number of allylic oxidation sites excluding steroid dienone is 2. The summed E-state index contributed by atoms with van der Waals surface area (Å²) < 4.78 is 11.4. The van der Waals surface area contributed by atoms with Crippen LogP contribution in [0.25, 0.3) is 0 Å². The molecule has 0 fully saturated rings. The molecule has 0 N–H and O–H groups in total. The standard InChI is InChI=1S/C31H28ClNO4/c1-19-28(31(35)36-2)29(24-10-6-7-11-27(24)37-18-20-8-4-3-5-9-20)30-25(33-19)16-22(17-26(30)34)21-12-14-23(32)15-13-21/h3-15,22,28-29H,16-18H2,1-2H3/t22-,28?,29+/m0/s1. The molecule has 0 bridgehead atoms. The lowest BCUT2D eigenvalue weighted by Crippen LogP contribution is -2.38. The van der Waals surface area contributed by atoms with Crippen LogP contribution in [0.3, 0.4) is 0 Å². The van der Waals surface area contributed by atoms with E-state index in [4.69, 9.17) is 26.1 Å². The average Bonchev–Trinajstić information content (AvgIpc) is 2.92. The quantitative estimate of drug-likeness (QED) is 0.345. The molecule has 3 aromatic rings. The van der Waals surface area contributed by atoms with Gasteiger partial charge in [-0.2, -0.15) is 0 Å². The first-order valence-corrected chi connectivity index (χ1v) is 12.7. The molecule has 0 aromatic heterocycles. The minimum Gasteiger partial charge on any atom is -0.489 e. The number of esters is 1. The minimum atomic E-state index is -0.707. The Hall–Kier alpha value is -3.70. The summed E-state index contributed by atoms with van der Waals surface area (Å²) in [4.78, 5) is 31.6. The molecule has 1 heterocycles. The summed E-state index contributed by atoms with van der Waals surface area (Å²) in [5.74, 6) is -1.02. The second-order valence-corrected chi connectivity index (χ2v) is 9.92. The Labute approximate surface area is 221 Å². The molecule has 1 aliphatic heterocycles. The third-order valence-corrected chi connectivity index (χ3v) is 7.43. The third-order valence-electron chi connectivity index (χ3n) is 7.18. The molecule has 0 saturated carbocycles. The molecular formula is C31H28ClNO4. The first kappa shape index (κ1) is 25.0. The summed E-state index contributed by atoms with van der Waals surface area (Å²) in [6.45, 7) is 2.21. The molecule has 188 valence electrons. The first-order valence-electron chi connectivity index (χ1n) is 12.4. The highest BCUT2D eigenvalue weighted by molar-refractivity contribution is 6.30. The van der Waals surface area contributed by atoms with Gasteiger partial charge in [-0.05, 0) is 48.6 Å². The van der Waals surface area contributed by atoms with Crippen molar-refractivity contribution in [2.45, 2.75) is 38.2 Å². The van der Waals surface area contributed by atoms with Gasteiger partial charge < -0.3 is 9.47 Å². The van der Waals surface area contributed by atoms with E-state index < -0.39 is 17.8 Å². The molecular weight excluding hydrogens is 486 g/mol. The zero-order valence-corrected chi connectivity index (χ0v) is 21.6. The van der Waals surface area contributed by atoms with Crippen molar-refractivity contribution >= 4 is 29.1 Å². The van der Waals surface area contributed by atoms with Crippen LogP contribution in [-0.4, -0.2) is 24.6 Å². The fourth-order valence-electron chi connectivity index (χ4n) is 5.40. The predicted molar refractivity (Wildman–Crippen MR) is 144 cm³/mol. The van der Waals surface area contributed by atoms with E-state index in [1.807, 2.05) is 85.8 Å². The second-order valence-electron chi connectivity index (χ2n) is 9.48. The van der Waals surface area contributed by atoms with E-state index in [1.54, 1.807) is 0 Å². The number of ether oxygens (including phenoxy) is 2. The van der Waals surface area contributed by atoms with Crippen molar-refractivity contribution in [3.05, 3.63) is 112 Å². The van der Waals surface area contributed by atoms with Gasteiger partial charge >= 0.3 is 5.97 Å². The average molecular weight is 514 g/mol. The number of ketones is 1. The Kier molecular flexibility index (Phi) is 7.24. The summed E-state index contributed by atoms with van der Waals surface area (Å²) in [6, 6.07) is 25.1. The molecule has 0 amide bonds. The lowest BCUT2D eigenvalue weighted by Gasteiger charge is -2.36. The number of Topliss-reactive ketones (excluding diaryl/α,β-unsaturated/α-hetero) is 1. The lowest BCUT2D eigenvalue weighted by atomic mass is 9.69. The molecule has 37 heavy (non-hydrogen) atoms. The Morgan fingerprint density at radius 3 is 2.41 bits per heavy atom. The number of carbonyl (C=O) groups excluding carboxylic acids is 2. The van der Waals surface area contributed by atoms with Gasteiger partial charge in [0.25, 0.3) is 0 Å². The van der Waals surface area contributed by atoms with Crippen molar-refractivity contribution in [1.82, 2.24) is 0 Å². The second kappa shape index (κ2) is 10.7. The molecule has 0 saturated heterocycles. The topological polar surface area (TPSA) is 65.0 Å². The normalized spacial score (nSPS) is 21.2. The Morgan fingerprint density at radius 1 is 0.973 bits per heavy atom. The van der Waals surface area contributed by atoms with E-state index >= 15 is 0 Å². The van der Waals surface area contributed by atoms with Crippen LogP contribution in [0.15, 0.2) is 95.1 Å². The van der Waals surface area contributed by atoms with E-state index in [2.05, 4.69) is 0 Å². The minimum absolute atomic E-state index is 0.0000299. The van der Waals surface area contributed by atoms with Gasteiger partial charge in [-0.15, -0.1) is 0 Å². The molecule has 1 aliphatic carbocycles. The lowest BCUT2D eigenvalue weighted by molar-refractivity contribution is -0.143. The number of benzene rings is 3. The smallest absolute Gasteiger partial charge is 0.315 e. The van der Waals surface area contributed by atoms with Crippen molar-refractivity contribution in [3.63, 3.8) is 0 Å². The largest absolute Gasteiger partial charge is 0.489 e. The Morgan fingerprint density at radius 2 is 1.68 bits per heavy atom. The van der Waals surface area contributed by atoms with E-state index in [-0.39, 0.29) is 11.7 Å². The summed E-state index contributed by atoms with van der Waals surface area (Å²) in [5.41, 5.74) is 4.82. The van der Waals surface area contributed by atoms with Crippen LogP contribution in [0, 0.1) is 5.92 Å². The van der Waals surface area contributed by atoms with Crippen molar-refractivity contribution < 1.29 is 19.1 Å². The number of rotatable bonds is 6. The van der Waals surface area contributed by atoms with E-state index in [0.29, 0.717) is 41.5 Å². The zero-order chi connectivity index (χ0) is 25.9. The Balaban J connectivity index is 1.56. The summed E-state index contributed by atoms with van der Waals surface area (Å²) in [7, 11) is 1.37. The zero-order valence-electron chi connectivity index (χ0n) is 20.8. The highest BCUT2D eigenvalue weighted by atomic mass is 35.5. The highest BCUT2D eigenvalue weighted by Gasteiger charge is 2.45. The van der Waals surface area contributed by atoms with Gasteiger partial charge in [0.05, 0.1) is 7.11 Å². The molecule has 0 radical (unpaired) electrons. The van der Waals surface area contributed by atoms with Gasteiger partial charge in [-0.1, -0.05) is 72.3 Å². The van der Waals surface area contributed by atoms with Gasteiger partial charge in [0.2, 0.25) is 0 Å². The molecule has 3 atom stereocenters. The maximum Gasteiger partial charge on any atom is 0.315 e. The van der Waals surface area contributed by atoms with Crippen LogP contribution < -0.4 is 4.74 Å². The van der Waals surface area contributed by atoms with E-state index in [0.717, 1.165) is 22.4 Å². The van der Waals surface area contributed by atoms with Gasteiger partial charge in [0.1, 0.15) is 18.3 Å². The summed E-state index contributed by atoms with van der Waals surface area (Å²) in [5, 5.41) is 0.658. The predicted octanol–water partition coefficient (Wildman–Crippen LogP) is 6.67. The van der Waals surface area contributed by atoms with Crippen molar-refractivity contribution in [2.24, 2.45) is 10.9 Å². The van der Waals surface area contributed by atoms with Gasteiger partial charge in [-0.25, -0.2) is 0 Å². The number of methoxy groups -OCH3 is 1. The molecule has 3 aromatic carbocycles. The van der Waals surface area contributed by atoms with Crippen LogP contribution in [0.5, 0.6) is 5.75 Å². The van der Waals surface area contributed by atoms with Gasteiger partial charge in [0, 0.05) is 39.9 Å². The third kappa shape index (κ3) is 5.09. The van der Waals surface area contributed by atoms with Gasteiger partial charge in [0.15, 0.2) is 5.78 Å². The maximum atomic E-state index is 13.8. The number of para-hydroxylation sites is 1. The van der Waals surface area contributed by atoms with Crippen molar-refractivity contribution in [1.29, 1.82) is 0 Å². The summed E-state index contributed by atoms with van der Waals surface area (Å²) in [6.07, 6.45) is 0.948. The first-order chi connectivity index (χ1) is 18.0. The maximum absolute atomic E-state index is 13.8. The number of nitrogens with zero attached hydrogens (tertiary/aromatic N) is 1.